The van der Waals surface area contributed by atoms with E-state index >= 15 is 0 Å². The van der Waals surface area contributed by atoms with Crippen LogP contribution in [0.2, 0.25) is 0 Å². The van der Waals surface area contributed by atoms with Crippen molar-refractivity contribution in [2.24, 2.45) is 5.92 Å². The zero-order chi connectivity index (χ0) is 14.5. The minimum atomic E-state index is 0.535. The number of hydrogen-bond acceptors (Lipinski definition) is 3. The number of nitrogens with two attached hydrogens (primary N) is 1. The van der Waals surface area contributed by atoms with Crippen LogP contribution in [0, 0.1) is 5.92 Å². The third kappa shape index (κ3) is 3.32. The zero-order valence-corrected chi connectivity index (χ0v) is 12.4. The maximum Gasteiger partial charge on any atom is 0.149 e. The summed E-state index contributed by atoms with van der Waals surface area (Å²) >= 11 is 0. The van der Waals surface area contributed by atoms with Gasteiger partial charge in [0.1, 0.15) is 11.6 Å². The van der Waals surface area contributed by atoms with E-state index in [9.17, 15) is 0 Å². The highest BCUT2D eigenvalue weighted by atomic mass is 16.5. The maximum absolute atomic E-state index is 5.97. The van der Waals surface area contributed by atoms with Crippen LogP contribution in [0.3, 0.4) is 0 Å². The Kier molecular flexibility index (Phi) is 4.66. The van der Waals surface area contributed by atoms with Gasteiger partial charge in [0.25, 0.3) is 0 Å². The van der Waals surface area contributed by atoms with Crippen LogP contribution in [0.25, 0.3) is 11.3 Å². The van der Waals surface area contributed by atoms with E-state index in [0.717, 1.165) is 42.0 Å². The van der Waals surface area contributed by atoms with Crippen LogP contribution in [-0.4, -0.2) is 16.8 Å². The largest absolute Gasteiger partial charge is 0.494 e. The Balaban J connectivity index is 2.31. The molecule has 0 fully saturated rings. The second-order valence-electron chi connectivity index (χ2n) is 5.44. The summed E-state index contributed by atoms with van der Waals surface area (Å²) in [5, 5.41) is 7.20. The minimum absolute atomic E-state index is 0.535. The lowest BCUT2D eigenvalue weighted by Gasteiger charge is -2.09. The normalized spacial score (nSPS) is 11.0. The molecule has 0 spiro atoms. The van der Waals surface area contributed by atoms with Crippen molar-refractivity contribution in [3.05, 3.63) is 29.8 Å². The number of hydrogen-bond donors (Lipinski definition) is 2. The number of nitrogens with one attached hydrogen (secondary N) is 1. The number of aromatic amines is 1. The number of H-pyrrole nitrogens is 1. The van der Waals surface area contributed by atoms with Crippen molar-refractivity contribution >= 4 is 5.82 Å². The van der Waals surface area contributed by atoms with E-state index < -0.39 is 0 Å². The summed E-state index contributed by atoms with van der Waals surface area (Å²) in [5.41, 5.74) is 9.13. The molecule has 4 nitrogen and oxygen atoms in total. The third-order valence-electron chi connectivity index (χ3n) is 3.11. The Bertz CT molecular complexity index is 561. The topological polar surface area (TPSA) is 63.9 Å². The van der Waals surface area contributed by atoms with E-state index in [1.165, 1.54) is 0 Å². The van der Waals surface area contributed by atoms with E-state index in [4.69, 9.17) is 10.5 Å². The Labute approximate surface area is 120 Å². The van der Waals surface area contributed by atoms with Gasteiger partial charge < -0.3 is 10.5 Å². The van der Waals surface area contributed by atoms with Crippen LogP contribution >= 0.6 is 0 Å². The van der Waals surface area contributed by atoms with Gasteiger partial charge in [0.05, 0.1) is 12.3 Å². The summed E-state index contributed by atoms with van der Waals surface area (Å²) in [6.45, 7) is 7.18. The third-order valence-corrected chi connectivity index (χ3v) is 3.11. The number of nitrogen functional groups attached to an aromatic ring is 1. The smallest absolute Gasteiger partial charge is 0.149 e. The molecule has 0 amide bonds. The first-order chi connectivity index (χ1) is 9.61. The molecule has 0 radical (unpaired) electrons. The summed E-state index contributed by atoms with van der Waals surface area (Å²) in [4.78, 5) is 0. The predicted octanol–water partition coefficient (Wildman–Crippen LogP) is 3.65. The standard InChI is InChI=1S/C16H23N3O/c1-4-8-20-13-7-5-6-12(10-13)15-14(9-11(2)3)16(17)19-18-15/h5-7,10-11H,4,8-9H2,1-3H3,(H3,17,18,19). The van der Waals surface area contributed by atoms with Gasteiger partial charge in [-0.1, -0.05) is 32.9 Å². The predicted molar refractivity (Wildman–Crippen MR) is 82.8 cm³/mol. The first kappa shape index (κ1) is 14.4. The van der Waals surface area contributed by atoms with Crippen LogP contribution in [0.5, 0.6) is 5.75 Å². The number of aromatic nitrogens is 2. The average Bonchev–Trinajstić information content (AvgIpc) is 2.78. The average molecular weight is 273 g/mol. The fraction of sp³-hybridized carbons (Fsp3) is 0.438. The monoisotopic (exact) mass is 273 g/mol. The summed E-state index contributed by atoms with van der Waals surface area (Å²) in [7, 11) is 0. The van der Waals surface area contributed by atoms with E-state index in [1.54, 1.807) is 0 Å². The van der Waals surface area contributed by atoms with Crippen molar-refractivity contribution in [2.75, 3.05) is 12.3 Å². The van der Waals surface area contributed by atoms with E-state index in [-0.39, 0.29) is 0 Å². The summed E-state index contributed by atoms with van der Waals surface area (Å²) in [6, 6.07) is 8.06. The summed E-state index contributed by atoms with van der Waals surface area (Å²) in [5.74, 6) is 2.01. The van der Waals surface area contributed by atoms with Gasteiger partial charge in [-0.3, -0.25) is 5.10 Å². The van der Waals surface area contributed by atoms with Crippen LogP contribution in [0.4, 0.5) is 5.82 Å². The molecule has 1 heterocycles. The van der Waals surface area contributed by atoms with Crippen LogP contribution in [0.1, 0.15) is 32.8 Å². The highest BCUT2D eigenvalue weighted by molar-refractivity contribution is 5.69. The van der Waals surface area contributed by atoms with Gasteiger partial charge in [-0.2, -0.15) is 5.10 Å². The molecule has 0 saturated carbocycles. The van der Waals surface area contributed by atoms with Crippen molar-refractivity contribution in [3.63, 3.8) is 0 Å². The van der Waals surface area contributed by atoms with E-state index in [0.29, 0.717) is 11.7 Å². The van der Waals surface area contributed by atoms with Crippen molar-refractivity contribution in [1.29, 1.82) is 0 Å². The molecule has 0 atom stereocenters. The minimum Gasteiger partial charge on any atom is -0.494 e. The van der Waals surface area contributed by atoms with Crippen LogP contribution in [0.15, 0.2) is 24.3 Å². The number of anilines is 1. The molecule has 0 aliphatic rings. The van der Waals surface area contributed by atoms with Crippen LogP contribution < -0.4 is 10.5 Å². The van der Waals surface area contributed by atoms with Gasteiger partial charge in [0, 0.05) is 11.1 Å². The first-order valence-corrected chi connectivity index (χ1v) is 7.17. The molecule has 1 aromatic carbocycles. The second-order valence-corrected chi connectivity index (χ2v) is 5.44. The fourth-order valence-corrected chi connectivity index (χ4v) is 2.19. The van der Waals surface area contributed by atoms with Gasteiger partial charge in [0.2, 0.25) is 0 Å². The van der Waals surface area contributed by atoms with Crippen molar-refractivity contribution in [1.82, 2.24) is 10.2 Å². The SMILES string of the molecule is CCCOc1cccc(-c2[nH]nc(N)c2CC(C)C)c1. The number of ether oxygens (including phenoxy) is 1. The molecule has 4 heteroatoms. The van der Waals surface area contributed by atoms with Crippen molar-refractivity contribution in [2.45, 2.75) is 33.6 Å². The van der Waals surface area contributed by atoms with Gasteiger partial charge in [-0.15, -0.1) is 0 Å². The Morgan fingerprint density at radius 1 is 1.35 bits per heavy atom. The summed E-state index contributed by atoms with van der Waals surface area (Å²) < 4.78 is 5.68. The van der Waals surface area contributed by atoms with Gasteiger partial charge >= 0.3 is 0 Å². The molecule has 0 aliphatic carbocycles. The zero-order valence-electron chi connectivity index (χ0n) is 12.4. The Hall–Kier alpha value is -1.97. The lowest BCUT2D eigenvalue weighted by molar-refractivity contribution is 0.317. The van der Waals surface area contributed by atoms with Crippen molar-refractivity contribution in [3.8, 4) is 17.0 Å². The van der Waals surface area contributed by atoms with E-state index in [2.05, 4.69) is 37.0 Å². The highest BCUT2D eigenvalue weighted by Gasteiger charge is 2.14. The Morgan fingerprint density at radius 3 is 2.85 bits per heavy atom. The molecule has 0 unspecified atom stereocenters. The number of rotatable bonds is 6. The maximum atomic E-state index is 5.97. The molecule has 0 bridgehead atoms. The molecular weight excluding hydrogens is 250 g/mol. The molecular formula is C16H23N3O. The first-order valence-electron chi connectivity index (χ1n) is 7.17. The quantitative estimate of drug-likeness (QED) is 0.844. The second kappa shape index (κ2) is 6.46. The lowest BCUT2D eigenvalue weighted by Crippen LogP contribution is -1.99. The van der Waals surface area contributed by atoms with E-state index in [1.807, 2.05) is 18.2 Å². The molecule has 2 aromatic rings. The Morgan fingerprint density at radius 2 is 2.15 bits per heavy atom. The molecule has 2 rings (SSSR count). The molecule has 0 saturated heterocycles. The highest BCUT2D eigenvalue weighted by Crippen LogP contribution is 2.29. The van der Waals surface area contributed by atoms with Gasteiger partial charge in [-0.25, -0.2) is 0 Å². The van der Waals surface area contributed by atoms with Crippen LogP contribution in [-0.2, 0) is 6.42 Å². The van der Waals surface area contributed by atoms with Crippen molar-refractivity contribution < 1.29 is 4.74 Å². The lowest BCUT2D eigenvalue weighted by atomic mass is 9.99. The summed E-state index contributed by atoms with van der Waals surface area (Å²) in [6.07, 6.45) is 1.91. The molecule has 0 aliphatic heterocycles. The van der Waals surface area contributed by atoms with Gasteiger partial charge in [-0.05, 0) is 30.9 Å². The molecule has 1 aromatic heterocycles. The van der Waals surface area contributed by atoms with Gasteiger partial charge in [0.15, 0.2) is 0 Å². The fourth-order valence-electron chi connectivity index (χ4n) is 2.19. The number of benzene rings is 1. The molecule has 108 valence electrons. The number of nitrogens with zero attached hydrogens (tertiary/aromatic N) is 1. The molecule has 3 N–H and O–H groups in total. The molecule has 20 heavy (non-hydrogen) atoms.